The van der Waals surface area contributed by atoms with E-state index in [1.807, 2.05) is 29.2 Å². The maximum Gasteiger partial charge on any atom is 0.175 e. The maximum absolute atomic E-state index is 11.5. The molecule has 0 spiro atoms. The lowest BCUT2D eigenvalue weighted by atomic mass is 10.1. The number of carbonyl (C=O) groups excluding carboxylic acids is 1. The minimum Gasteiger partial charge on any atom is -0.341 e. The molecule has 4 heteroatoms. The Bertz CT molecular complexity index is 595. The number of hydrogen-bond acceptors (Lipinski definition) is 3. The lowest BCUT2D eigenvalue weighted by Crippen LogP contribution is -2.42. The molecule has 1 aliphatic heterocycles. The number of ketones is 1. The van der Waals surface area contributed by atoms with Gasteiger partial charge in [-0.3, -0.25) is 4.79 Å². The van der Waals surface area contributed by atoms with E-state index in [4.69, 9.17) is 11.6 Å². The molecule has 1 fully saturated rings. The van der Waals surface area contributed by atoms with Crippen LogP contribution in [-0.4, -0.2) is 30.3 Å². The Balaban J connectivity index is 0.000000271. The number of nitrogens with one attached hydrogen (secondary N) is 1. The minimum atomic E-state index is 0.131. The van der Waals surface area contributed by atoms with Crippen molar-refractivity contribution in [2.24, 2.45) is 0 Å². The molecule has 0 aliphatic carbocycles. The molecule has 1 N–H and O–H groups in total. The third-order valence-electron chi connectivity index (χ3n) is 3.98. The third kappa shape index (κ3) is 7.45. The third-order valence-corrected chi connectivity index (χ3v) is 4.35. The Labute approximate surface area is 157 Å². The van der Waals surface area contributed by atoms with Crippen molar-refractivity contribution < 1.29 is 4.79 Å². The fourth-order valence-corrected chi connectivity index (χ4v) is 2.89. The first kappa shape index (κ1) is 21.5. The van der Waals surface area contributed by atoms with Crippen LogP contribution in [0.3, 0.4) is 0 Å². The van der Waals surface area contributed by atoms with E-state index >= 15 is 0 Å². The second-order valence-corrected chi connectivity index (χ2v) is 6.58. The summed E-state index contributed by atoms with van der Waals surface area (Å²) in [6, 6.07) is 8.00. The largest absolute Gasteiger partial charge is 0.341 e. The lowest BCUT2D eigenvalue weighted by molar-refractivity contribution is -0.114. The van der Waals surface area contributed by atoms with Crippen LogP contribution < -0.4 is 5.32 Å². The zero-order chi connectivity index (χ0) is 18.7. The van der Waals surface area contributed by atoms with Gasteiger partial charge in [-0.2, -0.15) is 0 Å². The molecule has 0 radical (unpaired) electrons. The number of Topliss-reactive ketones (excluding diaryl/α,β-unsaturated/α-hetero) is 1. The number of halogens is 1. The number of benzene rings is 1. The molecule has 0 aromatic heterocycles. The summed E-state index contributed by atoms with van der Waals surface area (Å²) in [7, 11) is 0. The van der Waals surface area contributed by atoms with Gasteiger partial charge in [0, 0.05) is 37.3 Å². The molecule has 2 rings (SSSR count). The van der Waals surface area contributed by atoms with Crippen LogP contribution in [0.5, 0.6) is 0 Å². The van der Waals surface area contributed by atoms with Gasteiger partial charge >= 0.3 is 0 Å². The van der Waals surface area contributed by atoms with Gasteiger partial charge in [-0.25, -0.2) is 0 Å². The fraction of sp³-hybridized carbons (Fsp3) is 0.476. The van der Waals surface area contributed by atoms with Crippen LogP contribution in [0.15, 0.2) is 48.3 Å². The van der Waals surface area contributed by atoms with E-state index in [1.165, 1.54) is 5.56 Å². The van der Waals surface area contributed by atoms with Crippen molar-refractivity contribution in [2.45, 2.75) is 46.5 Å². The first-order chi connectivity index (χ1) is 12.0. The molecule has 1 heterocycles. The fourth-order valence-electron chi connectivity index (χ4n) is 2.66. The van der Waals surface area contributed by atoms with Crippen molar-refractivity contribution in [2.75, 3.05) is 19.6 Å². The first-order valence-corrected chi connectivity index (χ1v) is 9.49. The van der Waals surface area contributed by atoms with Gasteiger partial charge in [0.05, 0.1) is 5.70 Å². The second-order valence-electron chi connectivity index (χ2n) is 6.17. The molecule has 0 atom stereocenters. The summed E-state index contributed by atoms with van der Waals surface area (Å²) >= 11 is 5.90. The number of hydrogen-bond donors (Lipinski definition) is 1. The van der Waals surface area contributed by atoms with E-state index in [0.29, 0.717) is 0 Å². The zero-order valence-electron chi connectivity index (χ0n) is 15.8. The van der Waals surface area contributed by atoms with Crippen LogP contribution in [0.4, 0.5) is 0 Å². The van der Waals surface area contributed by atoms with Crippen LogP contribution in [0.1, 0.15) is 45.6 Å². The highest BCUT2D eigenvalue weighted by Crippen LogP contribution is 2.16. The predicted octanol–water partition coefficient (Wildman–Crippen LogP) is 4.97. The second kappa shape index (κ2) is 11.9. The molecule has 0 amide bonds. The topological polar surface area (TPSA) is 32.3 Å². The van der Waals surface area contributed by atoms with E-state index in [9.17, 15) is 4.79 Å². The van der Waals surface area contributed by atoms with Crippen LogP contribution in [0, 0.1) is 0 Å². The van der Waals surface area contributed by atoms with Crippen molar-refractivity contribution in [1.29, 1.82) is 0 Å². The smallest absolute Gasteiger partial charge is 0.175 e. The summed E-state index contributed by atoms with van der Waals surface area (Å²) in [5.41, 5.74) is 3.05. The highest BCUT2D eigenvalue weighted by molar-refractivity contribution is 6.31. The molecule has 1 saturated heterocycles. The molecule has 1 aliphatic rings. The Hall–Kier alpha value is -1.58. The molecule has 0 saturated carbocycles. The van der Waals surface area contributed by atoms with Crippen molar-refractivity contribution in [3.63, 3.8) is 0 Å². The van der Waals surface area contributed by atoms with Crippen LogP contribution in [0.25, 0.3) is 0 Å². The molecule has 138 valence electrons. The summed E-state index contributed by atoms with van der Waals surface area (Å²) in [5, 5.41) is 4.13. The molecular weight excluding hydrogens is 332 g/mol. The predicted molar refractivity (Wildman–Crippen MR) is 108 cm³/mol. The summed E-state index contributed by atoms with van der Waals surface area (Å²) in [4.78, 5) is 13.6. The van der Waals surface area contributed by atoms with Crippen LogP contribution in [0.2, 0.25) is 5.02 Å². The number of carbonyl (C=O) groups is 1. The lowest BCUT2D eigenvalue weighted by Gasteiger charge is -2.32. The van der Waals surface area contributed by atoms with Gasteiger partial charge in [-0.1, -0.05) is 69.1 Å². The normalized spacial score (nSPS) is 14.8. The quantitative estimate of drug-likeness (QED) is 0.725. The number of nitrogens with zero attached hydrogens (tertiary/aromatic N) is 1. The molecule has 3 nitrogen and oxygen atoms in total. The molecule has 25 heavy (non-hydrogen) atoms. The number of rotatable bonds is 6. The van der Waals surface area contributed by atoms with Gasteiger partial charge in [0.15, 0.2) is 5.78 Å². The van der Waals surface area contributed by atoms with Gasteiger partial charge in [0.25, 0.3) is 0 Å². The molecule has 1 aromatic carbocycles. The van der Waals surface area contributed by atoms with E-state index in [0.717, 1.165) is 61.7 Å². The van der Waals surface area contributed by atoms with E-state index in [2.05, 4.69) is 31.8 Å². The van der Waals surface area contributed by atoms with Gasteiger partial charge in [-0.05, 0) is 24.5 Å². The molecule has 1 aromatic rings. The van der Waals surface area contributed by atoms with Crippen molar-refractivity contribution in [3.05, 3.63) is 58.9 Å². The molecule has 0 unspecified atom stereocenters. The standard InChI is InChI=1S/C12H20N2O.C9H11Cl/c1-4-5-6-12(11(3)15)14-8-7-13-9-10(14)2;1-2-5-8-6-3-4-7-9(8)10/h6,13H,2,4-5,7-9H2,1,3H3;3-4,6-7H,2,5H2,1H3/b12-6-;. The molecular formula is C21H31ClN2O. The van der Waals surface area contributed by atoms with Crippen molar-refractivity contribution in [1.82, 2.24) is 10.2 Å². The first-order valence-electron chi connectivity index (χ1n) is 9.11. The minimum absolute atomic E-state index is 0.131. The summed E-state index contributed by atoms with van der Waals surface area (Å²) in [6.07, 6.45) is 6.28. The highest BCUT2D eigenvalue weighted by atomic mass is 35.5. The highest BCUT2D eigenvalue weighted by Gasteiger charge is 2.18. The summed E-state index contributed by atoms with van der Waals surface area (Å²) in [5.74, 6) is 0.131. The number of unbranched alkanes of at least 4 members (excludes halogenated alkanes) is 1. The number of allylic oxidation sites excluding steroid dienone is 2. The Kier molecular flexibility index (Phi) is 10.2. The maximum atomic E-state index is 11.5. The SMILES string of the molecule is C=C1CNCCN1/C(=C\CCC)C(C)=O.CCCc1ccccc1Cl. The van der Waals surface area contributed by atoms with E-state index in [-0.39, 0.29) is 5.78 Å². The van der Waals surface area contributed by atoms with Gasteiger partial charge in [0.2, 0.25) is 0 Å². The van der Waals surface area contributed by atoms with Gasteiger partial charge in [-0.15, -0.1) is 0 Å². The van der Waals surface area contributed by atoms with Crippen molar-refractivity contribution in [3.8, 4) is 0 Å². The van der Waals surface area contributed by atoms with Crippen LogP contribution in [-0.2, 0) is 11.2 Å². The van der Waals surface area contributed by atoms with Crippen molar-refractivity contribution >= 4 is 17.4 Å². The van der Waals surface area contributed by atoms with Crippen LogP contribution >= 0.6 is 11.6 Å². The zero-order valence-corrected chi connectivity index (χ0v) is 16.5. The Morgan fingerprint density at radius 1 is 1.32 bits per heavy atom. The average Bonchev–Trinajstić information content (AvgIpc) is 2.59. The van der Waals surface area contributed by atoms with E-state index < -0.39 is 0 Å². The summed E-state index contributed by atoms with van der Waals surface area (Å²) in [6.45, 7) is 12.4. The van der Waals surface area contributed by atoms with Gasteiger partial charge in [0.1, 0.15) is 0 Å². The Morgan fingerprint density at radius 3 is 2.60 bits per heavy atom. The average molecular weight is 363 g/mol. The number of piperazine rings is 1. The number of aryl methyl sites for hydroxylation is 1. The molecule has 0 bridgehead atoms. The monoisotopic (exact) mass is 362 g/mol. The Morgan fingerprint density at radius 2 is 2.04 bits per heavy atom. The summed E-state index contributed by atoms with van der Waals surface area (Å²) < 4.78 is 0. The van der Waals surface area contributed by atoms with E-state index in [1.54, 1.807) is 6.92 Å². The van der Waals surface area contributed by atoms with Gasteiger partial charge < -0.3 is 10.2 Å².